The molecule has 0 unspecified atom stereocenters. The Balaban J connectivity index is 1.40. The predicted octanol–water partition coefficient (Wildman–Crippen LogP) is 3.76. The van der Waals surface area contributed by atoms with Crippen LogP contribution in [0.25, 0.3) is 0 Å². The number of rotatable bonds is 4. The second kappa shape index (κ2) is 11.1. The summed E-state index contributed by atoms with van der Waals surface area (Å²) >= 11 is 0. The molecule has 0 aromatic carbocycles. The fourth-order valence-corrected chi connectivity index (χ4v) is 6.73. The maximum Gasteiger partial charge on any atom is 0.410 e. The second-order valence-corrected chi connectivity index (χ2v) is 12.2. The Morgan fingerprint density at radius 3 is 2.55 bits per heavy atom. The smallest absolute Gasteiger partial charge is 0.410 e. The van der Waals surface area contributed by atoms with Gasteiger partial charge in [-0.2, -0.15) is 4.98 Å². The van der Waals surface area contributed by atoms with Crippen LogP contribution in [0.2, 0.25) is 0 Å². The molecule has 2 aliphatic heterocycles. The molecule has 1 aromatic rings. The molecule has 40 heavy (non-hydrogen) atoms. The largest absolute Gasteiger partial charge is 0.444 e. The third-order valence-electron chi connectivity index (χ3n) is 8.57. The van der Waals surface area contributed by atoms with Gasteiger partial charge in [-0.1, -0.05) is 12.5 Å². The van der Waals surface area contributed by atoms with E-state index in [9.17, 15) is 9.59 Å². The molecule has 2 aliphatic carbocycles. The summed E-state index contributed by atoms with van der Waals surface area (Å²) in [7, 11) is 0. The summed E-state index contributed by atoms with van der Waals surface area (Å²) in [6.07, 6.45) is 9.32. The van der Waals surface area contributed by atoms with E-state index >= 15 is 0 Å². The summed E-state index contributed by atoms with van der Waals surface area (Å²) < 4.78 is 18.0. The number of fused-ring (bicyclic) bond motifs is 1. The maximum absolute atomic E-state index is 13.9. The molecule has 1 aromatic heterocycles. The molecular weight excluding hydrogens is 512 g/mol. The lowest BCUT2D eigenvalue weighted by Crippen LogP contribution is -2.56. The van der Waals surface area contributed by atoms with Crippen LogP contribution in [-0.4, -0.2) is 82.0 Å². The number of carbonyl (C=O) groups is 2. The first-order valence-electron chi connectivity index (χ1n) is 14.5. The Labute approximate surface area is 236 Å². The van der Waals surface area contributed by atoms with Gasteiger partial charge in [-0.05, 0) is 59.3 Å². The molecule has 1 amide bonds. The van der Waals surface area contributed by atoms with Crippen molar-refractivity contribution in [2.75, 3.05) is 37.7 Å². The van der Waals surface area contributed by atoms with Crippen molar-refractivity contribution in [3.8, 4) is 0 Å². The molecule has 5 rings (SSSR count). The molecule has 2 spiro atoms. The van der Waals surface area contributed by atoms with Crippen molar-refractivity contribution in [2.45, 2.75) is 89.6 Å². The van der Waals surface area contributed by atoms with Crippen LogP contribution in [-0.2, 0) is 14.2 Å². The van der Waals surface area contributed by atoms with Gasteiger partial charge >= 0.3 is 6.09 Å². The lowest BCUT2D eigenvalue weighted by atomic mass is 9.61. The average Bonchev–Trinajstić information content (AvgIpc) is 3.29. The first-order chi connectivity index (χ1) is 19.1. The molecule has 11 heteroatoms. The number of allylic oxidation sites excluding steroid dienone is 1. The van der Waals surface area contributed by atoms with Gasteiger partial charge in [-0.3, -0.25) is 4.79 Å². The van der Waals surface area contributed by atoms with Gasteiger partial charge < -0.3 is 29.7 Å². The topological polar surface area (TPSA) is 133 Å². The number of amides is 1. The van der Waals surface area contributed by atoms with E-state index in [0.29, 0.717) is 62.9 Å². The average molecular weight is 555 g/mol. The van der Waals surface area contributed by atoms with Crippen LogP contribution in [0.4, 0.5) is 10.7 Å². The van der Waals surface area contributed by atoms with Gasteiger partial charge in [0.05, 0.1) is 24.7 Å². The molecule has 218 valence electrons. The number of nitrogens with two attached hydrogens (primary N) is 1. The van der Waals surface area contributed by atoms with Gasteiger partial charge in [0.25, 0.3) is 0 Å². The van der Waals surface area contributed by atoms with E-state index in [1.165, 1.54) is 6.33 Å². The van der Waals surface area contributed by atoms with Crippen LogP contribution in [0.1, 0.15) is 82.8 Å². The molecule has 0 bridgehead atoms. The summed E-state index contributed by atoms with van der Waals surface area (Å²) in [6.45, 7) is 12.1. The molecule has 2 atom stereocenters. The van der Waals surface area contributed by atoms with Gasteiger partial charge in [0.2, 0.25) is 17.6 Å². The van der Waals surface area contributed by atoms with Crippen molar-refractivity contribution < 1.29 is 23.8 Å². The van der Waals surface area contributed by atoms with Crippen LogP contribution < -0.4 is 10.6 Å². The molecule has 3 fully saturated rings. The van der Waals surface area contributed by atoms with E-state index in [1.54, 1.807) is 11.0 Å². The maximum atomic E-state index is 13.9. The summed E-state index contributed by atoms with van der Waals surface area (Å²) in [5.74, 6) is -0.599. The van der Waals surface area contributed by atoms with E-state index < -0.39 is 16.8 Å². The van der Waals surface area contributed by atoms with Crippen molar-refractivity contribution in [3.05, 3.63) is 36.1 Å². The minimum absolute atomic E-state index is 0.0641. The van der Waals surface area contributed by atoms with Gasteiger partial charge in [0, 0.05) is 37.3 Å². The number of anilines is 1. The zero-order valence-electron chi connectivity index (χ0n) is 24.0. The number of ether oxygens (including phenoxy) is 3. The van der Waals surface area contributed by atoms with E-state index in [-0.39, 0.29) is 23.7 Å². The molecule has 1 saturated carbocycles. The SMILES string of the molecule is C=C[C@H]1CN(C(=O)OC(C)(C)C)CCCN1c1ncnc(C(=O)C2=C(N)[C@]3(CCCCC34OCCO4)CCC2)n1. The standard InChI is InChI=1S/C29H42N6O5/c1-5-20-18-34(26(37)40-27(2,3)4)14-9-15-35(20)25-32-19-31-24(33-25)22(36)21-10-8-12-28(23(21)30)11-6-7-13-29(28)38-16-17-39-29/h5,19-20H,1,6-18,30H2,2-4H3/t20-,28-/m0/s1. The van der Waals surface area contributed by atoms with Crippen molar-refractivity contribution in [2.24, 2.45) is 11.1 Å². The number of Topliss-reactive ketones (excluding diaryl/α,β-unsaturated/α-hetero) is 1. The first kappa shape index (κ1) is 28.5. The highest BCUT2D eigenvalue weighted by Crippen LogP contribution is 2.57. The van der Waals surface area contributed by atoms with Gasteiger partial charge in [0.1, 0.15) is 11.9 Å². The fourth-order valence-electron chi connectivity index (χ4n) is 6.73. The zero-order chi connectivity index (χ0) is 28.5. The highest BCUT2D eigenvalue weighted by molar-refractivity contribution is 6.07. The number of carbonyl (C=O) groups excluding carboxylic acids is 2. The Bertz CT molecular complexity index is 1170. The molecule has 11 nitrogen and oxygen atoms in total. The van der Waals surface area contributed by atoms with Crippen molar-refractivity contribution in [1.29, 1.82) is 0 Å². The molecule has 0 radical (unpaired) electrons. The van der Waals surface area contributed by atoms with E-state index in [4.69, 9.17) is 19.9 Å². The van der Waals surface area contributed by atoms with Crippen LogP contribution in [0.5, 0.6) is 0 Å². The third-order valence-corrected chi connectivity index (χ3v) is 8.57. The molecular formula is C29H42N6O5. The quantitative estimate of drug-likeness (QED) is 0.433. The van der Waals surface area contributed by atoms with Crippen LogP contribution >= 0.6 is 0 Å². The van der Waals surface area contributed by atoms with Crippen molar-refractivity contribution in [3.63, 3.8) is 0 Å². The third kappa shape index (κ3) is 5.21. The molecule has 2 saturated heterocycles. The van der Waals surface area contributed by atoms with Crippen molar-refractivity contribution >= 4 is 17.8 Å². The van der Waals surface area contributed by atoms with E-state index in [2.05, 4.69) is 21.5 Å². The van der Waals surface area contributed by atoms with E-state index in [1.807, 2.05) is 25.7 Å². The predicted molar refractivity (Wildman–Crippen MR) is 149 cm³/mol. The van der Waals surface area contributed by atoms with Gasteiger partial charge in [0.15, 0.2) is 5.79 Å². The van der Waals surface area contributed by atoms with Crippen molar-refractivity contribution in [1.82, 2.24) is 19.9 Å². The van der Waals surface area contributed by atoms with Crippen LogP contribution in [0, 0.1) is 5.41 Å². The monoisotopic (exact) mass is 554 g/mol. The highest BCUT2D eigenvalue weighted by atomic mass is 16.7. The Hall–Kier alpha value is -3.05. The number of aromatic nitrogens is 3. The second-order valence-electron chi connectivity index (χ2n) is 12.2. The molecule has 4 aliphatic rings. The minimum Gasteiger partial charge on any atom is -0.444 e. The number of nitrogens with zero attached hydrogens (tertiary/aromatic N) is 5. The Kier molecular flexibility index (Phi) is 7.89. The number of hydrogen-bond acceptors (Lipinski definition) is 10. The zero-order valence-corrected chi connectivity index (χ0v) is 24.0. The summed E-state index contributed by atoms with van der Waals surface area (Å²) in [4.78, 5) is 43.6. The minimum atomic E-state index is -0.755. The Morgan fingerprint density at radius 2 is 1.82 bits per heavy atom. The lowest BCUT2D eigenvalue weighted by molar-refractivity contribution is -0.248. The summed E-state index contributed by atoms with van der Waals surface area (Å²) in [5, 5.41) is 0. The fraction of sp³-hybridized carbons (Fsp3) is 0.690. The normalized spacial score (nSPS) is 27.1. The van der Waals surface area contributed by atoms with Gasteiger partial charge in [-0.15, -0.1) is 6.58 Å². The number of hydrogen-bond donors (Lipinski definition) is 1. The number of ketones is 1. The van der Waals surface area contributed by atoms with Gasteiger partial charge in [-0.25, -0.2) is 14.8 Å². The molecule has 2 N–H and O–H groups in total. The summed E-state index contributed by atoms with van der Waals surface area (Å²) in [6, 6.07) is -0.263. The van der Waals surface area contributed by atoms with Crippen LogP contribution in [0.15, 0.2) is 30.3 Å². The lowest BCUT2D eigenvalue weighted by Gasteiger charge is -2.52. The first-order valence-corrected chi connectivity index (χ1v) is 14.5. The molecule has 3 heterocycles. The van der Waals surface area contributed by atoms with Crippen LogP contribution in [0.3, 0.4) is 0 Å². The Morgan fingerprint density at radius 1 is 1.10 bits per heavy atom. The van der Waals surface area contributed by atoms with E-state index in [0.717, 1.165) is 38.5 Å². The highest BCUT2D eigenvalue weighted by Gasteiger charge is 2.59. The summed E-state index contributed by atoms with van der Waals surface area (Å²) in [5.41, 5.74) is 6.89.